The smallest absolute Gasteiger partial charge is 0.439 e. The van der Waals surface area contributed by atoms with Gasteiger partial charge in [-0.25, -0.2) is 0 Å². The van der Waals surface area contributed by atoms with Crippen LogP contribution in [0.5, 0.6) is 0 Å². The molecular formula is C9H18O5Si. The molecule has 0 N–H and O–H groups in total. The van der Waals surface area contributed by atoms with Gasteiger partial charge in [-0.1, -0.05) is 6.08 Å². The Bertz CT molecular complexity index is 179. The van der Waals surface area contributed by atoms with Crippen molar-refractivity contribution in [2.75, 3.05) is 20.0 Å². The van der Waals surface area contributed by atoms with Crippen LogP contribution in [0.4, 0.5) is 0 Å². The minimum atomic E-state index is -2.12. The van der Waals surface area contributed by atoms with Crippen molar-refractivity contribution in [1.29, 1.82) is 0 Å². The number of carbonyl (C=O) groups excluding carboxylic acids is 1. The van der Waals surface area contributed by atoms with Gasteiger partial charge < -0.3 is 18.0 Å². The fraction of sp³-hybridized carbons (Fsp3) is 0.667. The summed E-state index contributed by atoms with van der Waals surface area (Å²) in [6.07, 6.45) is 1.65. The van der Waals surface area contributed by atoms with E-state index in [4.69, 9.17) is 18.0 Å². The van der Waals surface area contributed by atoms with Crippen molar-refractivity contribution in [3.63, 3.8) is 0 Å². The molecule has 0 heterocycles. The summed E-state index contributed by atoms with van der Waals surface area (Å²) in [5.41, 5.74) is 0. The molecule has 0 aliphatic carbocycles. The van der Waals surface area contributed by atoms with Crippen molar-refractivity contribution in [1.82, 2.24) is 0 Å². The maximum absolute atomic E-state index is 10.9. The number of carbonyl (C=O) groups is 1. The number of hydrogen-bond donors (Lipinski definition) is 0. The summed E-state index contributed by atoms with van der Waals surface area (Å²) in [7, 11) is -2.12. The molecule has 0 bridgehead atoms. The van der Waals surface area contributed by atoms with Gasteiger partial charge >= 0.3 is 15.5 Å². The molecule has 0 amide bonds. The zero-order valence-electron chi connectivity index (χ0n) is 9.23. The van der Waals surface area contributed by atoms with E-state index >= 15 is 0 Å². The number of esters is 1. The predicted molar refractivity (Wildman–Crippen MR) is 57.3 cm³/mol. The quantitative estimate of drug-likeness (QED) is 0.256. The summed E-state index contributed by atoms with van der Waals surface area (Å²) < 4.78 is 20.3. The average molecular weight is 234 g/mol. The highest BCUT2D eigenvalue weighted by Gasteiger charge is 2.14. The SMILES string of the molecule is C=CCC(=O)OCO[SiH](OCC)OCC. The van der Waals surface area contributed by atoms with E-state index in [0.717, 1.165) is 0 Å². The van der Waals surface area contributed by atoms with E-state index in [0.29, 0.717) is 13.2 Å². The van der Waals surface area contributed by atoms with Gasteiger partial charge in [0, 0.05) is 13.2 Å². The largest absolute Gasteiger partial charge is 0.486 e. The molecule has 0 radical (unpaired) electrons. The van der Waals surface area contributed by atoms with Crippen LogP contribution in [0.2, 0.25) is 0 Å². The first kappa shape index (κ1) is 14.3. The molecule has 0 aromatic carbocycles. The van der Waals surface area contributed by atoms with Gasteiger partial charge in [-0.2, -0.15) is 0 Å². The highest BCUT2D eigenvalue weighted by molar-refractivity contribution is 6.36. The maximum atomic E-state index is 10.9. The first-order valence-electron chi connectivity index (χ1n) is 4.85. The van der Waals surface area contributed by atoms with Crippen molar-refractivity contribution in [2.24, 2.45) is 0 Å². The molecule has 0 aromatic heterocycles. The standard InChI is InChI=1S/C9H18O5Si/c1-4-7-9(10)11-8-14-15(12-5-2)13-6-3/h4,15H,1,5-8H2,2-3H3. The number of rotatable bonds is 9. The van der Waals surface area contributed by atoms with Gasteiger partial charge in [-0.05, 0) is 13.8 Å². The fourth-order valence-corrected chi connectivity index (χ4v) is 1.76. The first-order chi connectivity index (χ1) is 7.24. The van der Waals surface area contributed by atoms with Crippen LogP contribution in [0.15, 0.2) is 12.7 Å². The molecule has 0 spiro atoms. The van der Waals surface area contributed by atoms with E-state index < -0.39 is 9.53 Å². The van der Waals surface area contributed by atoms with Crippen LogP contribution >= 0.6 is 0 Å². The summed E-state index contributed by atoms with van der Waals surface area (Å²) in [5, 5.41) is 0. The third kappa shape index (κ3) is 8.31. The van der Waals surface area contributed by atoms with Crippen LogP contribution in [-0.4, -0.2) is 35.5 Å². The molecule has 0 rings (SSSR count). The van der Waals surface area contributed by atoms with E-state index in [1.807, 2.05) is 13.8 Å². The summed E-state index contributed by atoms with van der Waals surface area (Å²) in [6, 6.07) is 0. The normalized spacial score (nSPS) is 10.3. The molecule has 0 unspecified atom stereocenters. The average Bonchev–Trinajstić information content (AvgIpc) is 2.19. The van der Waals surface area contributed by atoms with Gasteiger partial charge in [0.25, 0.3) is 0 Å². The molecule has 5 nitrogen and oxygen atoms in total. The Hall–Kier alpha value is -0.693. The number of ether oxygens (including phenoxy) is 1. The highest BCUT2D eigenvalue weighted by Crippen LogP contribution is 1.94. The van der Waals surface area contributed by atoms with Crippen LogP contribution in [0.1, 0.15) is 20.3 Å². The highest BCUT2D eigenvalue weighted by atomic mass is 28.3. The molecular weight excluding hydrogens is 216 g/mol. The van der Waals surface area contributed by atoms with Crippen LogP contribution in [0, 0.1) is 0 Å². The summed E-state index contributed by atoms with van der Waals surface area (Å²) in [6.45, 7) is 8.06. The fourth-order valence-electron chi connectivity index (χ4n) is 0.749. The second kappa shape index (κ2) is 9.85. The molecule has 0 aliphatic rings. The lowest BCUT2D eigenvalue weighted by atomic mass is 10.4. The Kier molecular flexibility index (Phi) is 9.39. The minimum absolute atomic E-state index is 0.121. The van der Waals surface area contributed by atoms with Crippen LogP contribution in [0.25, 0.3) is 0 Å². The second-order valence-corrected chi connectivity index (χ2v) is 4.07. The third-order valence-electron chi connectivity index (χ3n) is 1.34. The monoisotopic (exact) mass is 234 g/mol. The Morgan fingerprint density at radius 2 is 1.87 bits per heavy atom. The molecule has 0 atom stereocenters. The molecule has 0 fully saturated rings. The third-order valence-corrected chi connectivity index (χ3v) is 2.96. The lowest BCUT2D eigenvalue weighted by molar-refractivity contribution is -0.151. The van der Waals surface area contributed by atoms with Gasteiger partial charge in [-0.3, -0.25) is 4.79 Å². The van der Waals surface area contributed by atoms with Crippen molar-refractivity contribution in [3.8, 4) is 0 Å². The number of hydrogen-bond acceptors (Lipinski definition) is 5. The van der Waals surface area contributed by atoms with Crippen molar-refractivity contribution in [2.45, 2.75) is 20.3 Å². The topological polar surface area (TPSA) is 54.0 Å². The predicted octanol–water partition coefficient (Wildman–Crippen LogP) is 0.870. The van der Waals surface area contributed by atoms with E-state index in [9.17, 15) is 4.79 Å². The minimum Gasteiger partial charge on any atom is -0.439 e. The van der Waals surface area contributed by atoms with Gasteiger partial charge in [0.1, 0.15) is 0 Å². The Morgan fingerprint density at radius 1 is 1.27 bits per heavy atom. The Balaban J connectivity index is 3.59. The molecule has 88 valence electrons. The van der Waals surface area contributed by atoms with Crippen LogP contribution in [-0.2, 0) is 22.8 Å². The van der Waals surface area contributed by atoms with E-state index in [1.54, 1.807) is 0 Å². The van der Waals surface area contributed by atoms with Gasteiger partial charge in [0.05, 0.1) is 6.42 Å². The molecule has 0 saturated heterocycles. The zero-order valence-corrected chi connectivity index (χ0v) is 10.4. The van der Waals surface area contributed by atoms with E-state index in [2.05, 4.69) is 6.58 Å². The molecule has 0 aliphatic heterocycles. The Morgan fingerprint density at radius 3 is 2.33 bits per heavy atom. The summed E-state index contributed by atoms with van der Waals surface area (Å²) in [4.78, 5) is 10.9. The molecule has 0 aromatic rings. The summed E-state index contributed by atoms with van der Waals surface area (Å²) in [5.74, 6) is -0.370. The van der Waals surface area contributed by atoms with Crippen LogP contribution in [0.3, 0.4) is 0 Å². The second-order valence-electron chi connectivity index (χ2n) is 2.49. The summed E-state index contributed by atoms with van der Waals surface area (Å²) >= 11 is 0. The zero-order chi connectivity index (χ0) is 11.5. The van der Waals surface area contributed by atoms with Crippen molar-refractivity contribution in [3.05, 3.63) is 12.7 Å². The molecule has 15 heavy (non-hydrogen) atoms. The van der Waals surface area contributed by atoms with Gasteiger partial charge in [0.2, 0.25) is 0 Å². The molecule has 6 heteroatoms. The van der Waals surface area contributed by atoms with Gasteiger partial charge in [-0.15, -0.1) is 6.58 Å². The Labute approximate surface area is 91.9 Å². The van der Waals surface area contributed by atoms with E-state index in [-0.39, 0.29) is 19.2 Å². The lowest BCUT2D eigenvalue weighted by Crippen LogP contribution is -2.28. The van der Waals surface area contributed by atoms with E-state index in [1.165, 1.54) is 6.08 Å². The molecule has 0 saturated carbocycles. The van der Waals surface area contributed by atoms with Gasteiger partial charge in [0.15, 0.2) is 6.79 Å². The van der Waals surface area contributed by atoms with Crippen molar-refractivity contribution < 1.29 is 22.8 Å². The van der Waals surface area contributed by atoms with Crippen molar-refractivity contribution >= 4 is 15.5 Å². The maximum Gasteiger partial charge on any atom is 0.486 e. The van der Waals surface area contributed by atoms with Crippen LogP contribution < -0.4 is 0 Å². The lowest BCUT2D eigenvalue weighted by Gasteiger charge is -2.14. The first-order valence-corrected chi connectivity index (χ1v) is 6.27.